The van der Waals surface area contributed by atoms with Gasteiger partial charge < -0.3 is 15.2 Å². The topological polar surface area (TPSA) is 88.5 Å². The van der Waals surface area contributed by atoms with Crippen molar-refractivity contribution >= 4 is 41.3 Å². The van der Waals surface area contributed by atoms with E-state index in [4.69, 9.17) is 21.4 Å². The van der Waals surface area contributed by atoms with Crippen molar-refractivity contribution in [3.8, 4) is 0 Å². The molecule has 0 fully saturated rings. The number of halogens is 1. The van der Waals surface area contributed by atoms with Gasteiger partial charge in [0.1, 0.15) is 5.03 Å². The van der Waals surface area contributed by atoms with E-state index in [1.54, 1.807) is 18.3 Å². The van der Waals surface area contributed by atoms with Crippen LogP contribution in [0.4, 0.5) is 4.79 Å². The fourth-order valence-electron chi connectivity index (χ4n) is 2.72. The van der Waals surface area contributed by atoms with Crippen molar-refractivity contribution in [2.75, 3.05) is 13.2 Å². The third kappa shape index (κ3) is 4.88. The van der Waals surface area contributed by atoms with Crippen molar-refractivity contribution in [2.45, 2.75) is 22.9 Å². The lowest BCUT2D eigenvalue weighted by atomic mass is 9.99. The van der Waals surface area contributed by atoms with E-state index < -0.39 is 6.09 Å². The van der Waals surface area contributed by atoms with Gasteiger partial charge in [0.25, 0.3) is 0 Å². The summed E-state index contributed by atoms with van der Waals surface area (Å²) >= 11 is 7.79. The number of hydrogen-bond donors (Lipinski definition) is 2. The standard InChI is InChI=1S/C19H17ClN2O4S/c20-16-9-14(12-3-6-26-7-4-12)8-15(10-22-19(24)25)17(16)27-18-13(11-23)2-1-5-21-18/h1-3,5,8-9,11,22H,4,6-7,10H2,(H,24,25). The predicted molar refractivity (Wildman–Crippen MR) is 103 cm³/mol. The second-order valence-corrected chi connectivity index (χ2v) is 7.18. The van der Waals surface area contributed by atoms with Crippen LogP contribution < -0.4 is 5.32 Å². The van der Waals surface area contributed by atoms with Gasteiger partial charge in [0.05, 0.1) is 18.2 Å². The first-order valence-electron chi connectivity index (χ1n) is 8.23. The van der Waals surface area contributed by atoms with Gasteiger partial charge in [-0.1, -0.05) is 29.4 Å². The number of carboxylic acid groups (broad SMARTS) is 1. The number of rotatable bonds is 6. The largest absolute Gasteiger partial charge is 0.465 e. The van der Waals surface area contributed by atoms with Crippen LogP contribution >= 0.6 is 23.4 Å². The monoisotopic (exact) mass is 404 g/mol. The highest BCUT2D eigenvalue weighted by atomic mass is 35.5. The van der Waals surface area contributed by atoms with Gasteiger partial charge in [-0.25, -0.2) is 9.78 Å². The van der Waals surface area contributed by atoms with Gasteiger partial charge in [-0.05, 0) is 47.4 Å². The summed E-state index contributed by atoms with van der Waals surface area (Å²) in [6, 6.07) is 7.13. The Morgan fingerprint density at radius 1 is 1.44 bits per heavy atom. The summed E-state index contributed by atoms with van der Waals surface area (Å²) in [7, 11) is 0. The fourth-order valence-corrected chi connectivity index (χ4v) is 4.03. The Labute approximate surface area is 165 Å². The minimum atomic E-state index is -1.12. The number of benzene rings is 1. The molecule has 1 aliphatic rings. The molecule has 2 heterocycles. The second kappa shape index (κ2) is 9.03. The Balaban J connectivity index is 2.01. The van der Waals surface area contributed by atoms with Crippen molar-refractivity contribution in [3.63, 3.8) is 0 Å². The molecule has 0 saturated carbocycles. The Bertz CT molecular complexity index is 901. The molecule has 1 aromatic heterocycles. The van der Waals surface area contributed by atoms with E-state index in [0.29, 0.717) is 33.7 Å². The molecular weight excluding hydrogens is 388 g/mol. The van der Waals surface area contributed by atoms with Crippen LogP contribution in [0.25, 0.3) is 5.57 Å². The fraction of sp³-hybridized carbons (Fsp3) is 0.211. The van der Waals surface area contributed by atoms with E-state index in [1.165, 1.54) is 11.8 Å². The second-order valence-electron chi connectivity index (χ2n) is 5.78. The quantitative estimate of drug-likeness (QED) is 0.699. The minimum Gasteiger partial charge on any atom is -0.465 e. The summed E-state index contributed by atoms with van der Waals surface area (Å²) in [4.78, 5) is 27.2. The summed E-state index contributed by atoms with van der Waals surface area (Å²) in [5, 5.41) is 12.4. The molecule has 2 N–H and O–H groups in total. The first-order chi connectivity index (χ1) is 13.1. The van der Waals surface area contributed by atoms with Gasteiger partial charge in [0, 0.05) is 23.2 Å². The molecule has 0 aliphatic carbocycles. The summed E-state index contributed by atoms with van der Waals surface area (Å²) in [5.41, 5.74) is 3.22. The van der Waals surface area contributed by atoms with E-state index in [2.05, 4.69) is 10.3 Å². The van der Waals surface area contributed by atoms with Gasteiger partial charge in [0.2, 0.25) is 0 Å². The van der Waals surface area contributed by atoms with Crippen LogP contribution in [0.3, 0.4) is 0 Å². The van der Waals surface area contributed by atoms with Gasteiger partial charge in [0.15, 0.2) is 6.29 Å². The third-order valence-corrected chi connectivity index (χ3v) is 5.64. The van der Waals surface area contributed by atoms with Gasteiger partial charge >= 0.3 is 6.09 Å². The molecule has 8 heteroatoms. The number of hydrogen-bond acceptors (Lipinski definition) is 5. The molecule has 27 heavy (non-hydrogen) atoms. The maximum atomic E-state index is 11.3. The molecular formula is C19H17ClN2O4S. The number of carbonyl (C=O) groups excluding carboxylic acids is 1. The molecule has 140 valence electrons. The Hall–Kier alpha value is -2.35. The van der Waals surface area contributed by atoms with Crippen LogP contribution in [0.1, 0.15) is 27.9 Å². The number of aromatic nitrogens is 1. The normalized spacial score (nSPS) is 13.7. The molecule has 0 unspecified atom stereocenters. The van der Waals surface area contributed by atoms with Crippen molar-refractivity contribution < 1.29 is 19.4 Å². The Morgan fingerprint density at radius 2 is 2.30 bits per heavy atom. The summed E-state index contributed by atoms with van der Waals surface area (Å²) in [5.74, 6) is 0. The maximum Gasteiger partial charge on any atom is 0.404 e. The molecule has 1 aliphatic heterocycles. The highest BCUT2D eigenvalue weighted by Gasteiger charge is 2.17. The molecule has 0 atom stereocenters. The number of carbonyl (C=O) groups is 2. The lowest BCUT2D eigenvalue weighted by Gasteiger charge is -2.18. The summed E-state index contributed by atoms with van der Waals surface area (Å²) in [6.07, 6.45) is 3.98. The van der Waals surface area contributed by atoms with Crippen LogP contribution in [0, 0.1) is 0 Å². The number of amides is 1. The lowest BCUT2D eigenvalue weighted by molar-refractivity contribution is 0.112. The first kappa shape index (κ1) is 19.4. The van der Waals surface area contributed by atoms with E-state index in [9.17, 15) is 9.59 Å². The SMILES string of the molecule is O=Cc1cccnc1Sc1c(Cl)cc(C2=CCOCC2)cc1CNC(=O)O. The number of nitrogens with one attached hydrogen (secondary N) is 1. The molecule has 0 saturated heterocycles. The number of pyridine rings is 1. The zero-order valence-corrected chi connectivity index (χ0v) is 15.8. The zero-order valence-electron chi connectivity index (χ0n) is 14.3. The van der Waals surface area contributed by atoms with Crippen molar-refractivity contribution in [3.05, 3.63) is 58.3 Å². The molecule has 6 nitrogen and oxygen atoms in total. The van der Waals surface area contributed by atoms with Crippen LogP contribution in [0.5, 0.6) is 0 Å². The minimum absolute atomic E-state index is 0.0955. The predicted octanol–water partition coefficient (Wildman–Crippen LogP) is 4.27. The van der Waals surface area contributed by atoms with Crippen LogP contribution in [0.2, 0.25) is 5.02 Å². The average molecular weight is 405 g/mol. The van der Waals surface area contributed by atoms with Gasteiger partial charge in [-0.15, -0.1) is 0 Å². The number of aldehydes is 1. The highest BCUT2D eigenvalue weighted by molar-refractivity contribution is 7.99. The lowest BCUT2D eigenvalue weighted by Crippen LogP contribution is -2.20. The molecule has 1 aromatic carbocycles. The first-order valence-corrected chi connectivity index (χ1v) is 9.42. The molecule has 0 spiro atoms. The van der Waals surface area contributed by atoms with Gasteiger partial charge in [-0.2, -0.15) is 0 Å². The third-order valence-electron chi connectivity index (χ3n) is 4.01. The van der Waals surface area contributed by atoms with Crippen molar-refractivity contribution in [1.29, 1.82) is 0 Å². The van der Waals surface area contributed by atoms with Crippen LogP contribution in [0.15, 0.2) is 46.5 Å². The van der Waals surface area contributed by atoms with Crippen molar-refractivity contribution in [2.24, 2.45) is 0 Å². The van der Waals surface area contributed by atoms with E-state index in [-0.39, 0.29) is 6.54 Å². The van der Waals surface area contributed by atoms with E-state index in [0.717, 1.165) is 29.4 Å². The molecule has 2 aromatic rings. The summed E-state index contributed by atoms with van der Waals surface area (Å²) < 4.78 is 5.34. The molecule has 3 rings (SSSR count). The van der Waals surface area contributed by atoms with E-state index >= 15 is 0 Å². The maximum absolute atomic E-state index is 11.3. The zero-order chi connectivity index (χ0) is 19.2. The molecule has 0 radical (unpaired) electrons. The number of ether oxygens (including phenoxy) is 1. The van der Waals surface area contributed by atoms with Crippen LogP contribution in [-0.4, -0.2) is 35.7 Å². The molecule has 0 bridgehead atoms. The Kier molecular flexibility index (Phi) is 6.49. The Morgan fingerprint density at radius 3 is 3.00 bits per heavy atom. The van der Waals surface area contributed by atoms with Crippen LogP contribution in [-0.2, 0) is 11.3 Å². The smallest absolute Gasteiger partial charge is 0.404 e. The highest BCUT2D eigenvalue weighted by Crippen LogP contribution is 2.39. The van der Waals surface area contributed by atoms with E-state index in [1.807, 2.05) is 18.2 Å². The van der Waals surface area contributed by atoms with Gasteiger partial charge in [-0.3, -0.25) is 4.79 Å². The van der Waals surface area contributed by atoms with Crippen molar-refractivity contribution in [1.82, 2.24) is 10.3 Å². The average Bonchev–Trinajstić information content (AvgIpc) is 2.69. The number of nitrogens with zero attached hydrogens (tertiary/aromatic N) is 1. The summed E-state index contributed by atoms with van der Waals surface area (Å²) in [6.45, 7) is 1.28. The molecule has 1 amide bonds.